The van der Waals surface area contributed by atoms with Gasteiger partial charge in [0, 0.05) is 18.8 Å². The molecular formula is C12H11F3N2O2. The molecule has 2 rings (SSSR count). The van der Waals surface area contributed by atoms with E-state index >= 15 is 0 Å². The summed E-state index contributed by atoms with van der Waals surface area (Å²) in [6, 6.07) is 6.98. The minimum absolute atomic E-state index is 0.0309. The Morgan fingerprint density at radius 3 is 2.53 bits per heavy atom. The van der Waals surface area contributed by atoms with Gasteiger partial charge in [-0.3, -0.25) is 4.68 Å². The fraction of sp³-hybridized carbons (Fsp3) is 0.250. The van der Waals surface area contributed by atoms with Crippen LogP contribution in [-0.2, 0) is 7.05 Å². The maximum absolute atomic E-state index is 12.3. The smallest absolute Gasteiger partial charge is 0.405 e. The first-order chi connectivity index (χ1) is 8.88. The van der Waals surface area contributed by atoms with Crippen molar-refractivity contribution in [1.82, 2.24) is 9.78 Å². The topological polar surface area (TPSA) is 47.3 Å². The normalized spacial score (nSPS) is 13.3. The first-order valence-corrected chi connectivity index (χ1v) is 5.39. The lowest BCUT2D eigenvalue weighted by molar-refractivity contribution is -0.275. The molecule has 1 unspecified atom stereocenters. The average Bonchev–Trinajstić information content (AvgIpc) is 2.73. The van der Waals surface area contributed by atoms with Crippen LogP contribution in [0.2, 0.25) is 0 Å². The van der Waals surface area contributed by atoms with E-state index in [9.17, 15) is 18.3 Å². The molecule has 0 aliphatic rings. The molecule has 1 heterocycles. The number of nitrogens with zero attached hydrogens (tertiary/aromatic N) is 2. The van der Waals surface area contributed by atoms with Crippen LogP contribution in [0, 0.1) is 0 Å². The van der Waals surface area contributed by atoms with Crippen LogP contribution in [0.5, 0.6) is 5.75 Å². The Kier molecular flexibility index (Phi) is 3.48. The molecule has 0 radical (unpaired) electrons. The van der Waals surface area contributed by atoms with Gasteiger partial charge in [-0.2, -0.15) is 5.10 Å². The molecule has 1 N–H and O–H groups in total. The second-order valence-corrected chi connectivity index (χ2v) is 3.87. The highest BCUT2D eigenvalue weighted by Crippen LogP contribution is 2.32. The number of hydrogen-bond donors (Lipinski definition) is 1. The third-order valence-electron chi connectivity index (χ3n) is 2.58. The van der Waals surface area contributed by atoms with Gasteiger partial charge in [0.2, 0.25) is 0 Å². The van der Waals surface area contributed by atoms with Crippen LogP contribution in [0.25, 0.3) is 0 Å². The number of hydrogen-bond acceptors (Lipinski definition) is 3. The van der Waals surface area contributed by atoms with Crippen LogP contribution in [-0.4, -0.2) is 21.2 Å². The molecule has 7 heteroatoms. The van der Waals surface area contributed by atoms with Crippen molar-refractivity contribution in [2.24, 2.45) is 7.05 Å². The molecule has 0 saturated carbocycles. The van der Waals surface area contributed by atoms with Gasteiger partial charge in [-0.25, -0.2) is 0 Å². The zero-order valence-corrected chi connectivity index (χ0v) is 9.93. The molecule has 0 amide bonds. The molecule has 1 aromatic carbocycles. The minimum atomic E-state index is -4.80. The van der Waals surface area contributed by atoms with Crippen molar-refractivity contribution in [1.29, 1.82) is 0 Å². The maximum Gasteiger partial charge on any atom is 0.573 e. The molecule has 0 fully saturated rings. The second-order valence-electron chi connectivity index (χ2n) is 3.87. The van der Waals surface area contributed by atoms with Crippen LogP contribution in [0.3, 0.4) is 0 Å². The number of aryl methyl sites for hydroxylation is 1. The second kappa shape index (κ2) is 4.93. The summed E-state index contributed by atoms with van der Waals surface area (Å²) in [7, 11) is 1.59. The van der Waals surface area contributed by atoms with Crippen LogP contribution < -0.4 is 4.74 Å². The molecule has 0 bridgehead atoms. The van der Waals surface area contributed by atoms with Crippen molar-refractivity contribution in [3.63, 3.8) is 0 Å². The van der Waals surface area contributed by atoms with E-state index in [0.29, 0.717) is 5.69 Å². The third kappa shape index (κ3) is 3.05. The Bertz CT molecular complexity index is 566. The van der Waals surface area contributed by atoms with Gasteiger partial charge >= 0.3 is 6.36 Å². The molecule has 1 aromatic heterocycles. The van der Waals surface area contributed by atoms with Crippen molar-refractivity contribution >= 4 is 0 Å². The lowest BCUT2D eigenvalue weighted by atomic mass is 10.1. The van der Waals surface area contributed by atoms with Crippen molar-refractivity contribution in [2.75, 3.05) is 0 Å². The molecule has 0 aliphatic heterocycles. The Morgan fingerprint density at radius 2 is 1.95 bits per heavy atom. The lowest BCUT2D eigenvalue weighted by Gasteiger charge is -2.17. The number of rotatable bonds is 3. The number of ether oxygens (including phenoxy) is 1. The van der Waals surface area contributed by atoms with E-state index in [1.807, 2.05) is 0 Å². The Balaban J connectivity index is 2.37. The monoisotopic (exact) mass is 272 g/mol. The number of aliphatic hydroxyl groups excluding tert-OH is 1. The summed E-state index contributed by atoms with van der Waals surface area (Å²) < 4.78 is 42.1. The van der Waals surface area contributed by atoms with Gasteiger partial charge in [-0.1, -0.05) is 18.2 Å². The quantitative estimate of drug-likeness (QED) is 0.933. The Morgan fingerprint density at radius 1 is 1.26 bits per heavy atom. The summed E-state index contributed by atoms with van der Waals surface area (Å²) in [4.78, 5) is 0. The van der Waals surface area contributed by atoms with Crippen molar-refractivity contribution in [3.05, 3.63) is 47.8 Å². The number of para-hydroxylation sites is 1. The van der Waals surface area contributed by atoms with E-state index in [2.05, 4.69) is 9.84 Å². The van der Waals surface area contributed by atoms with Crippen molar-refractivity contribution in [2.45, 2.75) is 12.5 Å². The number of halogens is 3. The van der Waals surface area contributed by atoms with Crippen LogP contribution in [0.1, 0.15) is 17.4 Å². The van der Waals surface area contributed by atoms with E-state index in [1.54, 1.807) is 7.05 Å². The van der Waals surface area contributed by atoms with Crippen LogP contribution in [0.15, 0.2) is 36.5 Å². The van der Waals surface area contributed by atoms with Gasteiger partial charge in [0.05, 0.1) is 5.69 Å². The highest BCUT2D eigenvalue weighted by atomic mass is 19.4. The molecular weight excluding hydrogens is 261 g/mol. The Labute approximate surface area is 107 Å². The number of aromatic nitrogens is 2. The summed E-state index contributed by atoms with van der Waals surface area (Å²) in [6.07, 6.45) is -4.60. The highest BCUT2D eigenvalue weighted by molar-refractivity contribution is 5.38. The lowest BCUT2D eigenvalue weighted by Crippen LogP contribution is -2.19. The molecule has 0 spiro atoms. The van der Waals surface area contributed by atoms with E-state index in [0.717, 1.165) is 6.07 Å². The van der Waals surface area contributed by atoms with Gasteiger partial charge < -0.3 is 9.84 Å². The fourth-order valence-electron chi connectivity index (χ4n) is 1.74. The molecule has 0 saturated heterocycles. The van der Waals surface area contributed by atoms with Gasteiger partial charge in [-0.15, -0.1) is 13.2 Å². The fourth-order valence-corrected chi connectivity index (χ4v) is 1.74. The SMILES string of the molecule is Cn1nccc1C(O)c1ccccc1OC(F)(F)F. The van der Waals surface area contributed by atoms with Crippen molar-refractivity contribution in [3.8, 4) is 5.75 Å². The summed E-state index contributed by atoms with van der Waals surface area (Å²) in [5, 5.41) is 14.0. The zero-order valence-electron chi connectivity index (χ0n) is 9.93. The van der Waals surface area contributed by atoms with Crippen molar-refractivity contribution < 1.29 is 23.0 Å². The van der Waals surface area contributed by atoms with Crippen LogP contribution in [0.4, 0.5) is 13.2 Å². The molecule has 2 aromatic rings. The van der Waals surface area contributed by atoms with E-state index in [4.69, 9.17) is 0 Å². The van der Waals surface area contributed by atoms with Crippen LogP contribution >= 0.6 is 0 Å². The van der Waals surface area contributed by atoms with E-state index < -0.39 is 18.2 Å². The third-order valence-corrected chi connectivity index (χ3v) is 2.58. The average molecular weight is 272 g/mol. The van der Waals surface area contributed by atoms with E-state index in [1.165, 1.54) is 35.1 Å². The standard InChI is InChI=1S/C12H11F3N2O2/c1-17-9(6-7-16-17)11(18)8-4-2-3-5-10(8)19-12(13,14)15/h2-7,11,18H,1H3. The number of aliphatic hydroxyl groups is 1. The molecule has 1 atom stereocenters. The first kappa shape index (κ1) is 13.4. The predicted molar refractivity (Wildman–Crippen MR) is 60.4 cm³/mol. The van der Waals surface area contributed by atoms with Gasteiger partial charge in [0.25, 0.3) is 0 Å². The zero-order chi connectivity index (χ0) is 14.0. The molecule has 0 aliphatic carbocycles. The van der Waals surface area contributed by atoms with E-state index in [-0.39, 0.29) is 5.56 Å². The molecule has 4 nitrogen and oxygen atoms in total. The van der Waals surface area contributed by atoms with Gasteiger partial charge in [0.1, 0.15) is 11.9 Å². The largest absolute Gasteiger partial charge is 0.573 e. The predicted octanol–water partition coefficient (Wildman–Crippen LogP) is 2.40. The highest BCUT2D eigenvalue weighted by Gasteiger charge is 2.33. The summed E-state index contributed by atoms with van der Waals surface area (Å²) in [5.74, 6) is -0.427. The summed E-state index contributed by atoms with van der Waals surface area (Å²) in [5.41, 5.74) is 0.404. The number of benzene rings is 1. The maximum atomic E-state index is 12.3. The van der Waals surface area contributed by atoms with Gasteiger partial charge in [-0.05, 0) is 12.1 Å². The first-order valence-electron chi connectivity index (χ1n) is 5.39. The summed E-state index contributed by atoms with van der Waals surface area (Å²) >= 11 is 0. The number of alkyl halides is 3. The Hall–Kier alpha value is -2.02. The molecule has 102 valence electrons. The molecule has 19 heavy (non-hydrogen) atoms. The summed E-state index contributed by atoms with van der Waals surface area (Å²) in [6.45, 7) is 0. The van der Waals surface area contributed by atoms with Gasteiger partial charge in [0.15, 0.2) is 0 Å². The minimum Gasteiger partial charge on any atom is -0.405 e.